The van der Waals surface area contributed by atoms with Crippen LogP contribution < -0.4 is 5.32 Å². The number of sulfone groups is 1. The van der Waals surface area contributed by atoms with E-state index in [-0.39, 0.29) is 11.4 Å². The molecule has 6 heteroatoms. The fourth-order valence-electron chi connectivity index (χ4n) is 1.70. The molecule has 2 aromatic carbocycles. The van der Waals surface area contributed by atoms with Gasteiger partial charge in [-0.05, 0) is 30.3 Å². The first kappa shape index (κ1) is 14.8. The molecule has 0 spiro atoms. The monoisotopic (exact) mass is 313 g/mol. The summed E-state index contributed by atoms with van der Waals surface area (Å²) in [5, 5.41) is 3.32. The van der Waals surface area contributed by atoms with Crippen LogP contribution in [0.25, 0.3) is 0 Å². The van der Waals surface area contributed by atoms with E-state index in [2.05, 4.69) is 5.32 Å². The molecule has 0 aromatic heterocycles. The van der Waals surface area contributed by atoms with E-state index >= 15 is 0 Å². The first-order valence-electron chi connectivity index (χ1n) is 5.84. The molecule has 0 amide bonds. The van der Waals surface area contributed by atoms with Crippen molar-refractivity contribution in [2.45, 2.75) is 11.4 Å². The summed E-state index contributed by atoms with van der Waals surface area (Å²) < 4.78 is 36.5. The minimum absolute atomic E-state index is 0.221. The number of anilines is 1. The Bertz CT molecular complexity index is 732. The van der Waals surface area contributed by atoms with E-state index in [0.29, 0.717) is 16.3 Å². The minimum Gasteiger partial charge on any atom is -0.381 e. The van der Waals surface area contributed by atoms with Gasteiger partial charge in [-0.15, -0.1) is 0 Å². The van der Waals surface area contributed by atoms with Crippen LogP contribution in [0.3, 0.4) is 0 Å². The lowest BCUT2D eigenvalue weighted by atomic mass is 10.2. The summed E-state index contributed by atoms with van der Waals surface area (Å²) >= 11 is 5.68. The van der Waals surface area contributed by atoms with Crippen LogP contribution in [0.1, 0.15) is 5.56 Å². The van der Waals surface area contributed by atoms with Gasteiger partial charge >= 0.3 is 0 Å². The summed E-state index contributed by atoms with van der Waals surface area (Å²) in [6.07, 6.45) is 1.14. The highest BCUT2D eigenvalue weighted by atomic mass is 35.5. The molecular weight excluding hydrogens is 301 g/mol. The third-order valence-corrected chi connectivity index (χ3v) is 4.11. The maximum absolute atomic E-state index is 13.6. The predicted octanol–water partition coefficient (Wildman–Crippen LogP) is 3.49. The van der Waals surface area contributed by atoms with E-state index < -0.39 is 15.7 Å². The molecule has 3 nitrogen and oxygen atoms in total. The van der Waals surface area contributed by atoms with Gasteiger partial charge in [0.15, 0.2) is 9.84 Å². The molecule has 0 saturated carbocycles. The van der Waals surface area contributed by atoms with Crippen molar-refractivity contribution in [1.29, 1.82) is 0 Å². The van der Waals surface area contributed by atoms with Crippen LogP contribution in [0.2, 0.25) is 5.02 Å². The van der Waals surface area contributed by atoms with Gasteiger partial charge < -0.3 is 5.32 Å². The Morgan fingerprint density at radius 3 is 2.60 bits per heavy atom. The molecule has 0 aliphatic carbocycles. The topological polar surface area (TPSA) is 46.2 Å². The average Bonchev–Trinajstić information content (AvgIpc) is 2.37. The molecule has 1 N–H and O–H groups in total. The summed E-state index contributed by atoms with van der Waals surface area (Å²) in [7, 11) is -3.25. The second kappa shape index (κ2) is 5.81. The minimum atomic E-state index is -3.25. The van der Waals surface area contributed by atoms with E-state index in [1.54, 1.807) is 24.3 Å². The fraction of sp³-hybridized carbons (Fsp3) is 0.143. The zero-order valence-corrected chi connectivity index (χ0v) is 12.3. The molecule has 0 unspecified atom stereocenters. The van der Waals surface area contributed by atoms with Crippen molar-refractivity contribution < 1.29 is 12.8 Å². The number of halogens is 2. The highest BCUT2D eigenvalue weighted by Gasteiger charge is 2.08. The maximum atomic E-state index is 13.6. The van der Waals surface area contributed by atoms with E-state index in [1.165, 1.54) is 18.2 Å². The number of nitrogens with one attached hydrogen (secondary N) is 1. The van der Waals surface area contributed by atoms with Gasteiger partial charge in [0.2, 0.25) is 0 Å². The normalized spacial score (nSPS) is 11.3. The molecule has 20 heavy (non-hydrogen) atoms. The van der Waals surface area contributed by atoms with Crippen molar-refractivity contribution in [3.05, 3.63) is 58.9 Å². The Balaban J connectivity index is 2.15. The van der Waals surface area contributed by atoms with Crippen molar-refractivity contribution in [2.24, 2.45) is 0 Å². The van der Waals surface area contributed by atoms with Gasteiger partial charge in [-0.2, -0.15) is 0 Å². The Kier molecular flexibility index (Phi) is 4.30. The smallest absolute Gasteiger partial charge is 0.175 e. The SMILES string of the molecule is CS(=O)(=O)c1cccc(NCc2ccc(Cl)cc2F)c1. The summed E-state index contributed by atoms with van der Waals surface area (Å²) in [6.45, 7) is 0.246. The van der Waals surface area contributed by atoms with E-state index in [9.17, 15) is 12.8 Å². The van der Waals surface area contributed by atoms with E-state index in [4.69, 9.17) is 11.6 Å². The average molecular weight is 314 g/mol. The van der Waals surface area contributed by atoms with Gasteiger partial charge in [0.25, 0.3) is 0 Å². The van der Waals surface area contributed by atoms with Gasteiger partial charge in [-0.25, -0.2) is 12.8 Å². The molecule has 0 bridgehead atoms. The van der Waals surface area contributed by atoms with Crippen LogP contribution >= 0.6 is 11.6 Å². The Morgan fingerprint density at radius 1 is 1.20 bits per heavy atom. The number of hydrogen-bond acceptors (Lipinski definition) is 3. The summed E-state index contributed by atoms with van der Waals surface area (Å²) in [5.74, 6) is -0.399. The van der Waals surface area contributed by atoms with Crippen LogP contribution in [0.5, 0.6) is 0 Å². The van der Waals surface area contributed by atoms with Crippen molar-refractivity contribution >= 4 is 27.1 Å². The van der Waals surface area contributed by atoms with Crippen LogP contribution in [0, 0.1) is 5.82 Å². The number of benzene rings is 2. The van der Waals surface area contributed by atoms with Crippen molar-refractivity contribution in [3.63, 3.8) is 0 Å². The maximum Gasteiger partial charge on any atom is 0.175 e. The van der Waals surface area contributed by atoms with E-state index in [0.717, 1.165) is 6.26 Å². The van der Waals surface area contributed by atoms with Crippen LogP contribution in [-0.4, -0.2) is 14.7 Å². The number of rotatable bonds is 4. The second-order valence-corrected chi connectivity index (χ2v) is 6.84. The summed E-state index contributed by atoms with van der Waals surface area (Å²) in [6, 6.07) is 10.8. The molecule has 0 aliphatic heterocycles. The van der Waals surface area contributed by atoms with Crippen LogP contribution in [0.4, 0.5) is 10.1 Å². The lowest BCUT2D eigenvalue weighted by Gasteiger charge is -2.09. The first-order valence-corrected chi connectivity index (χ1v) is 8.11. The van der Waals surface area contributed by atoms with Crippen LogP contribution in [-0.2, 0) is 16.4 Å². The first-order chi connectivity index (χ1) is 9.36. The molecule has 0 fully saturated rings. The summed E-state index contributed by atoms with van der Waals surface area (Å²) in [4.78, 5) is 0.221. The second-order valence-electron chi connectivity index (χ2n) is 4.39. The van der Waals surface area contributed by atoms with Crippen molar-refractivity contribution in [2.75, 3.05) is 11.6 Å². The zero-order chi connectivity index (χ0) is 14.8. The molecule has 0 radical (unpaired) electrons. The zero-order valence-electron chi connectivity index (χ0n) is 10.7. The van der Waals surface area contributed by atoms with Gasteiger partial charge in [0, 0.05) is 29.1 Å². The van der Waals surface area contributed by atoms with E-state index in [1.807, 2.05) is 0 Å². The van der Waals surface area contributed by atoms with Crippen LogP contribution in [0.15, 0.2) is 47.4 Å². The molecule has 106 valence electrons. The van der Waals surface area contributed by atoms with Gasteiger partial charge in [-0.1, -0.05) is 23.7 Å². The third-order valence-electron chi connectivity index (χ3n) is 2.76. The highest BCUT2D eigenvalue weighted by Crippen LogP contribution is 2.18. The lowest BCUT2D eigenvalue weighted by molar-refractivity contribution is 0.601. The molecular formula is C14H13ClFNO2S. The largest absolute Gasteiger partial charge is 0.381 e. The fourth-order valence-corrected chi connectivity index (χ4v) is 2.52. The predicted molar refractivity (Wildman–Crippen MR) is 78.3 cm³/mol. The standard InChI is InChI=1S/C14H13ClFNO2S/c1-20(18,19)13-4-2-3-12(8-13)17-9-10-5-6-11(15)7-14(10)16/h2-8,17H,9H2,1H3. The Labute approximate surface area is 122 Å². The third kappa shape index (κ3) is 3.71. The van der Waals surface area contributed by atoms with Crippen molar-refractivity contribution in [3.8, 4) is 0 Å². The van der Waals surface area contributed by atoms with Gasteiger partial charge in [0.1, 0.15) is 5.82 Å². The molecule has 0 saturated heterocycles. The molecule has 0 heterocycles. The highest BCUT2D eigenvalue weighted by molar-refractivity contribution is 7.90. The van der Waals surface area contributed by atoms with Gasteiger partial charge in [0.05, 0.1) is 4.90 Å². The summed E-state index contributed by atoms with van der Waals surface area (Å²) in [5.41, 5.74) is 1.07. The Hall–Kier alpha value is -1.59. The lowest BCUT2D eigenvalue weighted by Crippen LogP contribution is -2.03. The molecule has 2 rings (SSSR count). The molecule has 0 aliphatic rings. The quantitative estimate of drug-likeness (QED) is 0.939. The van der Waals surface area contributed by atoms with Crippen molar-refractivity contribution in [1.82, 2.24) is 0 Å². The molecule has 0 atom stereocenters. The Morgan fingerprint density at radius 2 is 1.95 bits per heavy atom. The number of hydrogen-bond donors (Lipinski definition) is 1. The molecule has 2 aromatic rings. The van der Waals surface area contributed by atoms with Gasteiger partial charge in [-0.3, -0.25) is 0 Å².